The fraction of sp³-hybridized carbons (Fsp3) is 0.500. The Hall–Kier alpha value is -1.62. The Kier molecular flexibility index (Phi) is 3.58. The summed E-state index contributed by atoms with van der Waals surface area (Å²) >= 11 is 0. The predicted molar refractivity (Wildman–Crippen MR) is 65.2 cm³/mol. The zero-order valence-electron chi connectivity index (χ0n) is 9.58. The van der Waals surface area contributed by atoms with Gasteiger partial charge in [0, 0.05) is 12.6 Å². The lowest BCUT2D eigenvalue weighted by Crippen LogP contribution is -2.42. The number of rotatable bonds is 3. The van der Waals surface area contributed by atoms with Crippen molar-refractivity contribution in [2.24, 2.45) is 0 Å². The van der Waals surface area contributed by atoms with Crippen LogP contribution in [0.4, 0.5) is 11.4 Å². The molecule has 0 bridgehead atoms. The van der Waals surface area contributed by atoms with E-state index in [-0.39, 0.29) is 23.3 Å². The Morgan fingerprint density at radius 1 is 1.41 bits per heavy atom. The number of hydrogen-bond donors (Lipinski definition) is 1. The average molecular weight is 236 g/mol. The largest absolute Gasteiger partial charge is 0.394 e. The van der Waals surface area contributed by atoms with E-state index in [1.54, 1.807) is 18.2 Å². The molecule has 1 saturated heterocycles. The van der Waals surface area contributed by atoms with Crippen LogP contribution in [-0.2, 0) is 0 Å². The lowest BCUT2D eigenvalue weighted by atomic mass is 10.0. The summed E-state index contributed by atoms with van der Waals surface area (Å²) < 4.78 is 0. The van der Waals surface area contributed by atoms with Crippen molar-refractivity contribution in [3.05, 3.63) is 34.4 Å². The molecule has 0 aliphatic carbocycles. The topological polar surface area (TPSA) is 66.6 Å². The maximum atomic E-state index is 11.0. The maximum Gasteiger partial charge on any atom is 0.292 e. The van der Waals surface area contributed by atoms with Crippen molar-refractivity contribution in [1.29, 1.82) is 0 Å². The highest BCUT2D eigenvalue weighted by Gasteiger charge is 2.26. The lowest BCUT2D eigenvalue weighted by molar-refractivity contribution is -0.384. The Labute approximate surface area is 99.8 Å². The maximum absolute atomic E-state index is 11.0. The van der Waals surface area contributed by atoms with Crippen molar-refractivity contribution in [3.8, 4) is 0 Å². The fourth-order valence-electron chi connectivity index (χ4n) is 2.37. The summed E-state index contributed by atoms with van der Waals surface area (Å²) in [4.78, 5) is 12.6. The molecule has 1 unspecified atom stereocenters. The molecule has 5 heteroatoms. The molecule has 5 nitrogen and oxygen atoms in total. The van der Waals surface area contributed by atoms with Crippen LogP contribution in [-0.4, -0.2) is 29.2 Å². The Morgan fingerprint density at radius 3 is 2.88 bits per heavy atom. The Bertz CT molecular complexity index is 408. The second kappa shape index (κ2) is 5.14. The second-order valence-corrected chi connectivity index (χ2v) is 4.27. The van der Waals surface area contributed by atoms with E-state index in [9.17, 15) is 15.2 Å². The summed E-state index contributed by atoms with van der Waals surface area (Å²) in [7, 11) is 0. The number of aliphatic hydroxyl groups is 1. The van der Waals surface area contributed by atoms with Gasteiger partial charge in [-0.3, -0.25) is 10.1 Å². The molecular formula is C12H16N2O3. The number of nitro benzene ring substituents is 1. The molecule has 1 aliphatic heterocycles. The van der Waals surface area contributed by atoms with Crippen LogP contribution >= 0.6 is 0 Å². The van der Waals surface area contributed by atoms with E-state index in [4.69, 9.17) is 0 Å². The average Bonchev–Trinajstić information content (AvgIpc) is 2.38. The van der Waals surface area contributed by atoms with E-state index < -0.39 is 0 Å². The van der Waals surface area contributed by atoms with Gasteiger partial charge in [0.25, 0.3) is 5.69 Å². The summed E-state index contributed by atoms with van der Waals surface area (Å²) in [5, 5.41) is 20.3. The Morgan fingerprint density at radius 2 is 2.18 bits per heavy atom. The van der Waals surface area contributed by atoms with Gasteiger partial charge >= 0.3 is 0 Å². The van der Waals surface area contributed by atoms with Crippen molar-refractivity contribution in [2.75, 3.05) is 18.1 Å². The monoisotopic (exact) mass is 236 g/mol. The fourth-order valence-corrected chi connectivity index (χ4v) is 2.37. The van der Waals surface area contributed by atoms with E-state index in [0.717, 1.165) is 25.8 Å². The molecule has 0 amide bonds. The van der Waals surface area contributed by atoms with Gasteiger partial charge < -0.3 is 10.0 Å². The predicted octanol–water partition coefficient (Wildman–Crippen LogP) is 1.95. The van der Waals surface area contributed by atoms with Crippen molar-refractivity contribution >= 4 is 11.4 Å². The number of nitrogens with zero attached hydrogens (tertiary/aromatic N) is 2. The third-order valence-electron chi connectivity index (χ3n) is 3.23. The smallest absolute Gasteiger partial charge is 0.292 e. The van der Waals surface area contributed by atoms with E-state index in [2.05, 4.69) is 0 Å². The molecule has 0 spiro atoms. The molecule has 1 aromatic carbocycles. The van der Waals surface area contributed by atoms with Gasteiger partial charge in [-0.15, -0.1) is 0 Å². The minimum absolute atomic E-state index is 0.00449. The molecule has 1 N–H and O–H groups in total. The van der Waals surface area contributed by atoms with E-state index >= 15 is 0 Å². The van der Waals surface area contributed by atoms with Gasteiger partial charge in [-0.1, -0.05) is 12.1 Å². The zero-order chi connectivity index (χ0) is 12.3. The lowest BCUT2D eigenvalue weighted by Gasteiger charge is -2.36. The molecule has 17 heavy (non-hydrogen) atoms. The van der Waals surface area contributed by atoms with Crippen LogP contribution in [0, 0.1) is 10.1 Å². The first-order valence-corrected chi connectivity index (χ1v) is 5.85. The number of nitro groups is 1. The van der Waals surface area contributed by atoms with Crippen LogP contribution in [0.5, 0.6) is 0 Å². The van der Waals surface area contributed by atoms with Crippen molar-refractivity contribution in [1.82, 2.24) is 0 Å². The normalized spacial score (nSPS) is 20.3. The van der Waals surface area contributed by atoms with Gasteiger partial charge in [0.05, 0.1) is 17.6 Å². The van der Waals surface area contributed by atoms with Crippen LogP contribution in [0.3, 0.4) is 0 Å². The van der Waals surface area contributed by atoms with Crippen LogP contribution < -0.4 is 4.90 Å². The molecule has 1 atom stereocenters. The Balaban J connectivity index is 2.34. The number of piperidine rings is 1. The molecule has 92 valence electrons. The number of hydrogen-bond acceptors (Lipinski definition) is 4. The molecule has 1 aromatic rings. The molecule has 0 saturated carbocycles. The standard InChI is InChI=1S/C12H16N2O3/c15-9-10-5-3-4-8-13(10)11-6-1-2-7-12(11)14(16)17/h1-2,6-7,10,15H,3-5,8-9H2. The SMILES string of the molecule is O=[N+]([O-])c1ccccc1N1CCCCC1CO. The highest BCUT2D eigenvalue weighted by Crippen LogP contribution is 2.32. The quantitative estimate of drug-likeness (QED) is 0.643. The van der Waals surface area contributed by atoms with Crippen molar-refractivity contribution < 1.29 is 10.0 Å². The summed E-state index contributed by atoms with van der Waals surface area (Å²) in [6.45, 7) is 0.822. The van der Waals surface area contributed by atoms with Crippen molar-refractivity contribution in [2.45, 2.75) is 25.3 Å². The minimum Gasteiger partial charge on any atom is -0.394 e. The van der Waals surface area contributed by atoms with E-state index in [1.165, 1.54) is 6.07 Å². The molecule has 0 radical (unpaired) electrons. The molecule has 1 aliphatic rings. The van der Waals surface area contributed by atoms with Gasteiger partial charge in [-0.25, -0.2) is 0 Å². The highest BCUT2D eigenvalue weighted by molar-refractivity contribution is 5.63. The molecular weight excluding hydrogens is 220 g/mol. The second-order valence-electron chi connectivity index (χ2n) is 4.27. The molecule has 0 aromatic heterocycles. The summed E-state index contributed by atoms with van der Waals surface area (Å²) in [5.74, 6) is 0. The van der Waals surface area contributed by atoms with E-state index in [0.29, 0.717) is 5.69 Å². The summed E-state index contributed by atoms with van der Waals surface area (Å²) in [6, 6.07) is 6.74. The van der Waals surface area contributed by atoms with Gasteiger partial charge in [-0.05, 0) is 25.3 Å². The van der Waals surface area contributed by atoms with Gasteiger partial charge in [0.2, 0.25) is 0 Å². The summed E-state index contributed by atoms with van der Waals surface area (Å²) in [5.41, 5.74) is 0.740. The third kappa shape index (κ3) is 2.39. The summed E-state index contributed by atoms with van der Waals surface area (Å²) in [6.07, 6.45) is 2.98. The minimum atomic E-state index is -0.363. The molecule has 2 rings (SSSR count). The highest BCUT2D eigenvalue weighted by atomic mass is 16.6. The third-order valence-corrected chi connectivity index (χ3v) is 3.23. The number of benzene rings is 1. The first kappa shape index (κ1) is 11.9. The van der Waals surface area contributed by atoms with Gasteiger partial charge in [-0.2, -0.15) is 0 Å². The molecule has 1 heterocycles. The first-order chi connectivity index (χ1) is 8.24. The van der Waals surface area contributed by atoms with Crippen LogP contribution in [0.2, 0.25) is 0 Å². The van der Waals surface area contributed by atoms with E-state index in [1.807, 2.05) is 4.90 Å². The van der Waals surface area contributed by atoms with Gasteiger partial charge in [0.15, 0.2) is 0 Å². The number of anilines is 1. The zero-order valence-corrected chi connectivity index (χ0v) is 9.58. The van der Waals surface area contributed by atoms with Crippen LogP contribution in [0.25, 0.3) is 0 Å². The first-order valence-electron chi connectivity index (χ1n) is 5.85. The van der Waals surface area contributed by atoms with Crippen LogP contribution in [0.1, 0.15) is 19.3 Å². The van der Waals surface area contributed by atoms with Crippen LogP contribution in [0.15, 0.2) is 24.3 Å². The van der Waals surface area contributed by atoms with Crippen molar-refractivity contribution in [3.63, 3.8) is 0 Å². The number of para-hydroxylation sites is 2. The van der Waals surface area contributed by atoms with Gasteiger partial charge in [0.1, 0.15) is 5.69 Å². The molecule has 1 fully saturated rings. The number of aliphatic hydroxyl groups excluding tert-OH is 1.